The van der Waals surface area contributed by atoms with Crippen molar-refractivity contribution in [2.45, 2.75) is 26.8 Å². The number of nitrogens with zero attached hydrogens (tertiary/aromatic N) is 6. The third-order valence-corrected chi connectivity index (χ3v) is 6.18. The second-order valence-corrected chi connectivity index (χ2v) is 8.87. The van der Waals surface area contributed by atoms with Gasteiger partial charge in [-0.05, 0) is 50.7 Å². The molecule has 0 unspecified atom stereocenters. The van der Waals surface area contributed by atoms with Crippen LogP contribution < -0.4 is 21.3 Å². The van der Waals surface area contributed by atoms with Gasteiger partial charge in [0.25, 0.3) is 0 Å². The van der Waals surface area contributed by atoms with E-state index in [0.717, 1.165) is 60.9 Å². The van der Waals surface area contributed by atoms with Crippen molar-refractivity contribution < 1.29 is 4.42 Å². The van der Waals surface area contributed by atoms with Gasteiger partial charge in [-0.3, -0.25) is 4.57 Å². The van der Waals surface area contributed by atoms with Crippen LogP contribution in [0.5, 0.6) is 0 Å². The second-order valence-electron chi connectivity index (χ2n) is 8.87. The van der Waals surface area contributed by atoms with E-state index >= 15 is 0 Å². The summed E-state index contributed by atoms with van der Waals surface area (Å²) in [4.78, 5) is 30.5. The molecule has 1 aromatic carbocycles. The number of aryl methyl sites for hydroxylation is 2. The number of likely N-dealkylation sites (N-methyl/N-ethyl adjacent to an activating group) is 1. The summed E-state index contributed by atoms with van der Waals surface area (Å²) in [5.74, 6) is 1.79. The Bertz CT molecular complexity index is 1370. The van der Waals surface area contributed by atoms with Crippen LogP contribution in [0.25, 0.3) is 11.1 Å². The van der Waals surface area contributed by atoms with Crippen LogP contribution in [0.2, 0.25) is 0 Å². The molecule has 2 N–H and O–H groups in total. The van der Waals surface area contributed by atoms with Crippen LogP contribution in [0.3, 0.4) is 0 Å². The maximum absolute atomic E-state index is 12.1. The Kier molecular flexibility index (Phi) is 6.37. The summed E-state index contributed by atoms with van der Waals surface area (Å²) in [6, 6.07) is 9.60. The van der Waals surface area contributed by atoms with Gasteiger partial charge in [0, 0.05) is 50.2 Å². The van der Waals surface area contributed by atoms with Crippen molar-refractivity contribution in [3.63, 3.8) is 0 Å². The van der Waals surface area contributed by atoms with Crippen molar-refractivity contribution in [2.75, 3.05) is 48.8 Å². The van der Waals surface area contributed by atoms with Crippen LogP contribution >= 0.6 is 0 Å². The average molecular weight is 475 g/mol. The van der Waals surface area contributed by atoms with Crippen molar-refractivity contribution in [2.24, 2.45) is 0 Å². The number of piperazine rings is 1. The van der Waals surface area contributed by atoms with Crippen LogP contribution in [0.15, 0.2) is 51.9 Å². The first-order valence-electron chi connectivity index (χ1n) is 11.9. The highest BCUT2D eigenvalue weighted by Crippen LogP contribution is 2.25. The van der Waals surface area contributed by atoms with Gasteiger partial charge in [0.05, 0.1) is 17.4 Å². The first-order valence-corrected chi connectivity index (χ1v) is 11.9. The van der Waals surface area contributed by atoms with Crippen LogP contribution in [0.1, 0.15) is 18.9 Å². The van der Waals surface area contributed by atoms with E-state index < -0.39 is 0 Å². The lowest BCUT2D eigenvalue weighted by molar-refractivity contribution is 0.312. The van der Waals surface area contributed by atoms with Crippen LogP contribution in [-0.2, 0) is 6.54 Å². The van der Waals surface area contributed by atoms with Crippen LogP contribution in [0, 0.1) is 6.92 Å². The van der Waals surface area contributed by atoms with Crippen LogP contribution in [-0.4, -0.2) is 57.6 Å². The van der Waals surface area contributed by atoms with Gasteiger partial charge in [0.1, 0.15) is 11.6 Å². The smallest absolute Gasteiger partial charge is 0.408 e. The van der Waals surface area contributed by atoms with Crippen LogP contribution in [0.4, 0.5) is 29.0 Å². The van der Waals surface area contributed by atoms with Gasteiger partial charge in [0.2, 0.25) is 5.95 Å². The Labute approximate surface area is 203 Å². The highest BCUT2D eigenvalue weighted by Gasteiger charge is 2.15. The van der Waals surface area contributed by atoms with Crippen molar-refractivity contribution in [3.8, 4) is 0 Å². The van der Waals surface area contributed by atoms with Gasteiger partial charge < -0.3 is 24.9 Å². The number of aromatic nitrogens is 4. The Morgan fingerprint density at radius 2 is 1.80 bits per heavy atom. The number of hydrogen-bond donors (Lipinski definition) is 2. The van der Waals surface area contributed by atoms with Crippen molar-refractivity contribution >= 4 is 40.1 Å². The molecule has 182 valence electrons. The molecule has 3 aromatic heterocycles. The van der Waals surface area contributed by atoms with E-state index in [-0.39, 0.29) is 5.76 Å². The molecule has 35 heavy (non-hydrogen) atoms. The molecule has 10 heteroatoms. The molecule has 0 aliphatic carbocycles. The molecule has 1 saturated heterocycles. The van der Waals surface area contributed by atoms with Gasteiger partial charge in [-0.15, -0.1) is 0 Å². The molecule has 0 radical (unpaired) electrons. The number of oxazole rings is 1. The van der Waals surface area contributed by atoms with Gasteiger partial charge in [0.15, 0.2) is 5.58 Å². The third kappa shape index (κ3) is 4.97. The molecule has 0 bridgehead atoms. The summed E-state index contributed by atoms with van der Waals surface area (Å²) in [7, 11) is 2.14. The molecule has 1 aliphatic heterocycles. The van der Waals surface area contributed by atoms with E-state index in [1.165, 1.54) is 0 Å². The van der Waals surface area contributed by atoms with Gasteiger partial charge in [-0.25, -0.2) is 14.8 Å². The van der Waals surface area contributed by atoms with E-state index in [1.54, 1.807) is 16.8 Å². The standard InChI is InChI=1S/C25H30N8O2/c1-4-9-33-20-14-18(5-7-21(20)35-25(33)34)28-23-17(2)15-27-24(30-23)29-19-6-8-22(26-16-19)32-12-10-31(3)11-13-32/h5-8,14-16H,4,9-13H2,1-3H3,(H2,27,28,29,30). The zero-order valence-electron chi connectivity index (χ0n) is 20.3. The van der Waals surface area contributed by atoms with Gasteiger partial charge in [-0.1, -0.05) is 6.92 Å². The first kappa shape index (κ1) is 22.9. The lowest BCUT2D eigenvalue weighted by Gasteiger charge is -2.33. The molecule has 5 rings (SSSR count). The fraction of sp³-hybridized carbons (Fsp3) is 0.360. The topological polar surface area (TPSA) is 104 Å². The Morgan fingerprint density at radius 1 is 1.00 bits per heavy atom. The number of benzene rings is 1. The summed E-state index contributed by atoms with van der Waals surface area (Å²) < 4.78 is 7.00. The first-order chi connectivity index (χ1) is 17.0. The molecule has 4 aromatic rings. The average Bonchev–Trinajstić information content (AvgIpc) is 3.17. The Hall–Kier alpha value is -3.92. The lowest BCUT2D eigenvalue weighted by atomic mass is 10.2. The zero-order valence-corrected chi connectivity index (χ0v) is 20.3. The lowest BCUT2D eigenvalue weighted by Crippen LogP contribution is -2.44. The predicted molar refractivity (Wildman–Crippen MR) is 138 cm³/mol. The predicted octanol–water partition coefficient (Wildman–Crippen LogP) is 3.74. The molecular formula is C25H30N8O2. The largest absolute Gasteiger partial charge is 0.419 e. The number of anilines is 5. The maximum atomic E-state index is 12.1. The maximum Gasteiger partial charge on any atom is 0.419 e. The number of pyridine rings is 1. The highest BCUT2D eigenvalue weighted by molar-refractivity contribution is 5.79. The number of fused-ring (bicyclic) bond motifs is 1. The minimum absolute atomic E-state index is 0.337. The Morgan fingerprint density at radius 3 is 2.54 bits per heavy atom. The van der Waals surface area contributed by atoms with Gasteiger partial charge >= 0.3 is 5.76 Å². The minimum Gasteiger partial charge on any atom is -0.408 e. The van der Waals surface area contributed by atoms with Crippen molar-refractivity contribution in [1.29, 1.82) is 0 Å². The normalized spacial score (nSPS) is 14.4. The molecule has 10 nitrogen and oxygen atoms in total. The van der Waals surface area contributed by atoms with E-state index in [9.17, 15) is 4.79 Å². The Balaban J connectivity index is 1.32. The van der Waals surface area contributed by atoms with Crippen molar-refractivity contribution in [3.05, 3.63) is 58.8 Å². The minimum atomic E-state index is -0.337. The highest BCUT2D eigenvalue weighted by atomic mass is 16.4. The van der Waals surface area contributed by atoms with E-state index in [2.05, 4.69) is 42.4 Å². The quantitative estimate of drug-likeness (QED) is 0.414. The fourth-order valence-electron chi connectivity index (χ4n) is 4.15. The number of nitrogens with one attached hydrogen (secondary N) is 2. The fourth-order valence-corrected chi connectivity index (χ4v) is 4.15. The van der Waals surface area contributed by atoms with E-state index in [0.29, 0.717) is 23.9 Å². The molecule has 1 fully saturated rings. The molecule has 0 spiro atoms. The van der Waals surface area contributed by atoms with Crippen molar-refractivity contribution in [1.82, 2.24) is 24.4 Å². The van der Waals surface area contributed by atoms with E-state index in [4.69, 9.17) is 4.42 Å². The molecule has 1 aliphatic rings. The summed E-state index contributed by atoms with van der Waals surface area (Å²) in [6.45, 7) is 8.62. The summed E-state index contributed by atoms with van der Waals surface area (Å²) in [6.07, 6.45) is 4.42. The van der Waals surface area contributed by atoms with E-state index in [1.807, 2.05) is 44.3 Å². The molecular weight excluding hydrogens is 444 g/mol. The molecule has 0 atom stereocenters. The number of hydrogen-bond acceptors (Lipinski definition) is 9. The summed E-state index contributed by atoms with van der Waals surface area (Å²) in [5.41, 5.74) is 3.87. The van der Waals surface area contributed by atoms with Gasteiger partial charge in [-0.2, -0.15) is 4.98 Å². The number of rotatable bonds is 7. The second kappa shape index (κ2) is 9.75. The summed E-state index contributed by atoms with van der Waals surface area (Å²) in [5, 5.41) is 6.59. The third-order valence-electron chi connectivity index (χ3n) is 6.18. The molecule has 4 heterocycles. The SMILES string of the molecule is CCCn1c(=O)oc2ccc(Nc3nc(Nc4ccc(N5CCN(C)CC5)nc4)ncc3C)cc21. The summed E-state index contributed by atoms with van der Waals surface area (Å²) >= 11 is 0. The monoisotopic (exact) mass is 474 g/mol. The molecule has 0 saturated carbocycles. The zero-order chi connectivity index (χ0) is 24.4. The molecule has 0 amide bonds.